The molecule has 0 saturated heterocycles. The molecule has 0 atom stereocenters. The minimum Gasteiger partial charge on any atom is -0.280 e. The van der Waals surface area contributed by atoms with E-state index in [0.717, 1.165) is 24.7 Å². The van der Waals surface area contributed by atoms with Crippen molar-refractivity contribution in [2.24, 2.45) is 0 Å². The van der Waals surface area contributed by atoms with Crippen LogP contribution in [0.5, 0.6) is 0 Å². The number of benzene rings is 2. The molecule has 0 aromatic heterocycles. The Balaban J connectivity index is 2.00. The first-order valence-corrected chi connectivity index (χ1v) is 11.7. The van der Waals surface area contributed by atoms with E-state index in [0.29, 0.717) is 28.5 Å². The van der Waals surface area contributed by atoms with Crippen molar-refractivity contribution in [1.29, 1.82) is 0 Å². The summed E-state index contributed by atoms with van der Waals surface area (Å²) in [7, 11) is -7.27. The molecule has 6 nitrogen and oxygen atoms in total. The lowest BCUT2D eigenvalue weighted by atomic mass is 10.0. The maximum absolute atomic E-state index is 12.7. The number of sulfonamides is 2. The summed E-state index contributed by atoms with van der Waals surface area (Å²) in [5.41, 5.74) is 2.27. The molecule has 0 amide bonds. The van der Waals surface area contributed by atoms with Crippen molar-refractivity contribution >= 4 is 43.0 Å². The van der Waals surface area contributed by atoms with Crippen LogP contribution in [-0.2, 0) is 26.5 Å². The molecule has 0 radical (unpaired) electrons. The first-order chi connectivity index (χ1) is 12.1. The van der Waals surface area contributed by atoms with Crippen molar-refractivity contribution in [3.05, 3.63) is 52.5 Å². The highest BCUT2D eigenvalue weighted by Gasteiger charge is 2.25. The van der Waals surface area contributed by atoms with Crippen LogP contribution in [0.3, 0.4) is 0 Å². The molecule has 9 heteroatoms. The number of hydrogen-bond donors (Lipinski definition) is 1. The van der Waals surface area contributed by atoms with E-state index in [-0.39, 0.29) is 4.90 Å². The van der Waals surface area contributed by atoms with Gasteiger partial charge >= 0.3 is 0 Å². The van der Waals surface area contributed by atoms with Gasteiger partial charge in [0.25, 0.3) is 10.0 Å². The fourth-order valence-corrected chi connectivity index (χ4v) is 5.57. The Labute approximate surface area is 158 Å². The highest BCUT2D eigenvalue weighted by atomic mass is 35.5. The highest BCUT2D eigenvalue weighted by Crippen LogP contribution is 2.32. The molecule has 140 valence electrons. The zero-order valence-corrected chi connectivity index (χ0v) is 16.7. The predicted octanol–water partition coefficient (Wildman–Crippen LogP) is 3.16. The first kappa shape index (κ1) is 19.0. The number of rotatable bonds is 4. The predicted molar refractivity (Wildman–Crippen MR) is 104 cm³/mol. The van der Waals surface area contributed by atoms with Crippen molar-refractivity contribution < 1.29 is 16.8 Å². The zero-order valence-electron chi connectivity index (χ0n) is 14.4. The fourth-order valence-electron chi connectivity index (χ4n) is 3.02. The van der Waals surface area contributed by atoms with Crippen molar-refractivity contribution in [2.45, 2.75) is 24.7 Å². The number of hydrogen-bond acceptors (Lipinski definition) is 4. The molecule has 2 aromatic rings. The van der Waals surface area contributed by atoms with Gasteiger partial charge in [-0.15, -0.1) is 0 Å². The Bertz CT molecular complexity index is 1070. The van der Waals surface area contributed by atoms with Crippen LogP contribution < -0.4 is 9.03 Å². The van der Waals surface area contributed by atoms with Gasteiger partial charge in [-0.2, -0.15) is 0 Å². The third-order valence-electron chi connectivity index (χ3n) is 4.25. The van der Waals surface area contributed by atoms with Crippen LogP contribution in [0.2, 0.25) is 5.02 Å². The third-order valence-corrected chi connectivity index (χ3v) is 7.19. The maximum Gasteiger partial charge on any atom is 0.262 e. The number of halogens is 1. The van der Waals surface area contributed by atoms with Gasteiger partial charge in [-0.05, 0) is 55.2 Å². The summed E-state index contributed by atoms with van der Waals surface area (Å²) in [6, 6.07) is 9.61. The minimum absolute atomic E-state index is 0.0858. The molecule has 1 aliphatic rings. The maximum atomic E-state index is 12.7. The second-order valence-electron chi connectivity index (χ2n) is 6.30. The molecule has 3 rings (SSSR count). The normalized spacial score (nSPS) is 14.8. The Kier molecular flexibility index (Phi) is 4.94. The molecule has 0 saturated carbocycles. The monoisotopic (exact) mass is 414 g/mol. The van der Waals surface area contributed by atoms with Crippen LogP contribution in [0.1, 0.15) is 17.5 Å². The first-order valence-electron chi connectivity index (χ1n) is 7.97. The third kappa shape index (κ3) is 3.82. The lowest BCUT2D eigenvalue weighted by Crippen LogP contribution is -2.34. The molecule has 0 spiro atoms. The van der Waals surface area contributed by atoms with Gasteiger partial charge in [-0.25, -0.2) is 16.8 Å². The molecule has 26 heavy (non-hydrogen) atoms. The van der Waals surface area contributed by atoms with Gasteiger partial charge in [0, 0.05) is 11.6 Å². The van der Waals surface area contributed by atoms with E-state index in [2.05, 4.69) is 4.72 Å². The second-order valence-corrected chi connectivity index (χ2v) is 10.3. The van der Waals surface area contributed by atoms with E-state index in [1.54, 1.807) is 37.3 Å². The summed E-state index contributed by atoms with van der Waals surface area (Å²) in [5, 5.41) is 0.324. The Hall–Kier alpha value is -1.77. The Morgan fingerprint density at radius 3 is 2.50 bits per heavy atom. The summed E-state index contributed by atoms with van der Waals surface area (Å²) in [4.78, 5) is 0.0858. The molecule has 1 heterocycles. The molecule has 0 unspecified atom stereocenters. The summed E-state index contributed by atoms with van der Waals surface area (Å²) >= 11 is 5.92. The summed E-state index contributed by atoms with van der Waals surface area (Å²) in [6.07, 6.45) is 2.63. The van der Waals surface area contributed by atoms with Crippen molar-refractivity contribution in [2.75, 3.05) is 21.8 Å². The Morgan fingerprint density at radius 2 is 1.81 bits per heavy atom. The number of aryl methyl sites for hydroxylation is 2. The average Bonchev–Trinajstić information content (AvgIpc) is 2.55. The molecule has 1 aliphatic heterocycles. The van der Waals surface area contributed by atoms with Gasteiger partial charge in [0.1, 0.15) is 0 Å². The van der Waals surface area contributed by atoms with Gasteiger partial charge < -0.3 is 0 Å². The molecule has 0 bridgehead atoms. The summed E-state index contributed by atoms with van der Waals surface area (Å²) in [6.45, 7) is 2.07. The largest absolute Gasteiger partial charge is 0.280 e. The molecule has 0 fully saturated rings. The van der Waals surface area contributed by atoms with Crippen LogP contribution in [0, 0.1) is 6.92 Å². The van der Waals surface area contributed by atoms with E-state index in [4.69, 9.17) is 11.6 Å². The summed E-state index contributed by atoms with van der Waals surface area (Å²) < 4.78 is 53.3. The molecular weight excluding hydrogens is 396 g/mol. The van der Waals surface area contributed by atoms with Gasteiger partial charge in [0.2, 0.25) is 10.0 Å². The van der Waals surface area contributed by atoms with E-state index in [1.807, 2.05) is 0 Å². The fraction of sp³-hybridized carbons (Fsp3) is 0.294. The lowest BCUT2D eigenvalue weighted by Gasteiger charge is -2.29. The minimum atomic E-state index is -3.85. The molecule has 0 aliphatic carbocycles. The van der Waals surface area contributed by atoms with Gasteiger partial charge in [-0.1, -0.05) is 23.7 Å². The quantitative estimate of drug-likeness (QED) is 0.832. The standard InChI is InChI=1S/C17H19ClN2O4S2/c1-12-5-7-14(18)10-17(12)26(23,24)19-15-8-6-13-4-3-9-20(16(13)11-15)25(2,21)22/h5-8,10-11,19H,3-4,9H2,1-2H3. The second kappa shape index (κ2) is 6.75. The van der Waals surface area contributed by atoms with Gasteiger partial charge in [0.15, 0.2) is 0 Å². The molecule has 1 N–H and O–H groups in total. The van der Waals surface area contributed by atoms with Crippen LogP contribution >= 0.6 is 11.6 Å². The molecular formula is C17H19ClN2O4S2. The lowest BCUT2D eigenvalue weighted by molar-refractivity contribution is 0.592. The number of nitrogens with one attached hydrogen (secondary N) is 1. The van der Waals surface area contributed by atoms with Crippen LogP contribution in [0.4, 0.5) is 11.4 Å². The number of fused-ring (bicyclic) bond motifs is 1. The van der Waals surface area contributed by atoms with Crippen LogP contribution in [0.15, 0.2) is 41.3 Å². The SMILES string of the molecule is Cc1ccc(Cl)cc1S(=O)(=O)Nc1ccc2c(c1)N(S(C)(=O)=O)CCC2. The van der Waals surface area contributed by atoms with E-state index in [1.165, 1.54) is 10.4 Å². The number of nitrogens with zero attached hydrogens (tertiary/aromatic N) is 1. The average molecular weight is 415 g/mol. The summed E-state index contributed by atoms with van der Waals surface area (Å²) in [5.74, 6) is 0. The van der Waals surface area contributed by atoms with E-state index < -0.39 is 20.0 Å². The van der Waals surface area contributed by atoms with Crippen LogP contribution in [0.25, 0.3) is 0 Å². The van der Waals surface area contributed by atoms with Crippen molar-refractivity contribution in [3.63, 3.8) is 0 Å². The highest BCUT2D eigenvalue weighted by molar-refractivity contribution is 7.93. The van der Waals surface area contributed by atoms with E-state index >= 15 is 0 Å². The van der Waals surface area contributed by atoms with Crippen molar-refractivity contribution in [3.8, 4) is 0 Å². The van der Waals surface area contributed by atoms with Gasteiger partial charge in [0.05, 0.1) is 22.5 Å². The van der Waals surface area contributed by atoms with Gasteiger partial charge in [-0.3, -0.25) is 9.03 Å². The van der Waals surface area contributed by atoms with E-state index in [9.17, 15) is 16.8 Å². The zero-order chi connectivity index (χ0) is 19.1. The number of anilines is 2. The topological polar surface area (TPSA) is 83.6 Å². The molecule has 2 aromatic carbocycles. The van der Waals surface area contributed by atoms with Crippen molar-refractivity contribution in [1.82, 2.24) is 0 Å². The Morgan fingerprint density at radius 1 is 1.08 bits per heavy atom. The smallest absolute Gasteiger partial charge is 0.262 e. The van der Waals surface area contributed by atoms with Crippen LogP contribution in [-0.4, -0.2) is 29.6 Å².